The molecule has 0 aliphatic heterocycles. The second kappa shape index (κ2) is 7.17. The van der Waals surface area contributed by atoms with Gasteiger partial charge in [-0.1, -0.05) is 29.8 Å². The number of hydrogen-bond acceptors (Lipinski definition) is 4. The standard InChI is InChI=1S/C15H20N2O2S2/c1-12-4-3-5-13(10-12)6-8-17-21(18,19)15-7-9-20-14(15)11-16-2/h3-5,7,9-10,16-17H,6,8,11H2,1-2H3. The van der Waals surface area contributed by atoms with E-state index in [4.69, 9.17) is 0 Å². The van der Waals surface area contributed by atoms with Gasteiger partial charge in [-0.05, 0) is 37.4 Å². The Hall–Kier alpha value is -1.21. The molecule has 1 aromatic carbocycles. The molecule has 0 fully saturated rings. The van der Waals surface area contributed by atoms with E-state index in [1.54, 1.807) is 13.1 Å². The monoisotopic (exact) mass is 324 g/mol. The van der Waals surface area contributed by atoms with E-state index in [0.29, 0.717) is 24.4 Å². The van der Waals surface area contributed by atoms with Crippen LogP contribution in [0.15, 0.2) is 40.6 Å². The van der Waals surface area contributed by atoms with Crippen molar-refractivity contribution in [3.8, 4) is 0 Å². The summed E-state index contributed by atoms with van der Waals surface area (Å²) in [6.07, 6.45) is 0.687. The van der Waals surface area contributed by atoms with Gasteiger partial charge in [0.2, 0.25) is 10.0 Å². The largest absolute Gasteiger partial charge is 0.315 e. The normalized spacial score (nSPS) is 11.7. The van der Waals surface area contributed by atoms with Crippen LogP contribution in [0, 0.1) is 6.92 Å². The summed E-state index contributed by atoms with van der Waals surface area (Å²) in [5, 5.41) is 4.80. The van der Waals surface area contributed by atoms with E-state index in [1.807, 2.05) is 30.5 Å². The Morgan fingerprint density at radius 1 is 1.24 bits per heavy atom. The van der Waals surface area contributed by atoms with Crippen molar-refractivity contribution in [2.75, 3.05) is 13.6 Å². The van der Waals surface area contributed by atoms with Gasteiger partial charge in [-0.2, -0.15) is 0 Å². The van der Waals surface area contributed by atoms with Crippen LogP contribution in [0.4, 0.5) is 0 Å². The topological polar surface area (TPSA) is 58.2 Å². The summed E-state index contributed by atoms with van der Waals surface area (Å²) in [4.78, 5) is 1.21. The third kappa shape index (κ3) is 4.38. The molecule has 0 bridgehead atoms. The predicted octanol–water partition coefficient (Wildman–Crippen LogP) is 2.30. The first-order chi connectivity index (χ1) is 10.0. The number of sulfonamides is 1. The van der Waals surface area contributed by atoms with Crippen LogP contribution in [0.2, 0.25) is 0 Å². The zero-order valence-corrected chi connectivity index (χ0v) is 13.9. The quantitative estimate of drug-likeness (QED) is 0.821. The highest BCUT2D eigenvalue weighted by atomic mass is 32.2. The van der Waals surface area contributed by atoms with Crippen LogP contribution < -0.4 is 10.0 Å². The molecule has 0 aliphatic carbocycles. The van der Waals surface area contributed by atoms with E-state index < -0.39 is 10.0 Å². The van der Waals surface area contributed by atoms with E-state index in [1.165, 1.54) is 16.9 Å². The molecule has 21 heavy (non-hydrogen) atoms. The summed E-state index contributed by atoms with van der Waals surface area (Å²) in [7, 11) is -1.62. The molecular formula is C15H20N2O2S2. The van der Waals surface area contributed by atoms with Crippen LogP contribution in [-0.2, 0) is 23.0 Å². The predicted molar refractivity (Wildman–Crippen MR) is 87.2 cm³/mol. The Morgan fingerprint density at radius 3 is 2.76 bits per heavy atom. The Bertz CT molecular complexity index is 693. The molecule has 2 aromatic rings. The first kappa shape index (κ1) is 16.2. The summed E-state index contributed by atoms with van der Waals surface area (Å²) >= 11 is 1.45. The molecular weight excluding hydrogens is 304 g/mol. The first-order valence-corrected chi connectivity index (χ1v) is 9.15. The smallest absolute Gasteiger partial charge is 0.241 e. The SMILES string of the molecule is CNCc1sccc1S(=O)(=O)NCCc1cccc(C)c1. The molecule has 2 N–H and O–H groups in total. The van der Waals surface area contributed by atoms with Gasteiger partial charge in [0.1, 0.15) is 0 Å². The summed E-state index contributed by atoms with van der Waals surface area (Å²) in [5.74, 6) is 0. The van der Waals surface area contributed by atoms with Crippen LogP contribution in [-0.4, -0.2) is 22.0 Å². The number of aryl methyl sites for hydroxylation is 1. The molecule has 0 aliphatic rings. The number of rotatable bonds is 7. The van der Waals surface area contributed by atoms with Crippen LogP contribution in [0.3, 0.4) is 0 Å². The fourth-order valence-electron chi connectivity index (χ4n) is 2.13. The van der Waals surface area contributed by atoms with Gasteiger partial charge in [0.05, 0.1) is 4.90 Å². The Morgan fingerprint density at radius 2 is 2.05 bits per heavy atom. The fraction of sp³-hybridized carbons (Fsp3) is 0.333. The maximum absolute atomic E-state index is 12.3. The van der Waals surface area contributed by atoms with Crippen LogP contribution >= 0.6 is 11.3 Å². The van der Waals surface area contributed by atoms with Gasteiger partial charge in [-0.15, -0.1) is 11.3 Å². The van der Waals surface area contributed by atoms with E-state index in [9.17, 15) is 8.42 Å². The molecule has 2 rings (SSSR count). The molecule has 0 radical (unpaired) electrons. The molecule has 0 spiro atoms. The lowest BCUT2D eigenvalue weighted by Crippen LogP contribution is -2.26. The average Bonchev–Trinajstić information content (AvgIpc) is 2.88. The van der Waals surface area contributed by atoms with E-state index in [-0.39, 0.29) is 0 Å². The second-order valence-electron chi connectivity index (χ2n) is 4.88. The summed E-state index contributed by atoms with van der Waals surface area (Å²) in [6.45, 7) is 3.00. The van der Waals surface area contributed by atoms with Crippen molar-refractivity contribution in [3.63, 3.8) is 0 Å². The van der Waals surface area contributed by atoms with E-state index >= 15 is 0 Å². The lowest BCUT2D eigenvalue weighted by molar-refractivity contribution is 0.580. The first-order valence-electron chi connectivity index (χ1n) is 6.79. The molecule has 0 unspecified atom stereocenters. The number of hydrogen-bond donors (Lipinski definition) is 2. The third-order valence-electron chi connectivity index (χ3n) is 3.12. The molecule has 0 saturated heterocycles. The number of nitrogens with one attached hydrogen (secondary N) is 2. The number of thiophene rings is 1. The van der Waals surface area contributed by atoms with Crippen molar-refractivity contribution in [2.45, 2.75) is 24.8 Å². The third-order valence-corrected chi connectivity index (χ3v) is 5.72. The fourth-order valence-corrected chi connectivity index (χ4v) is 4.62. The molecule has 4 nitrogen and oxygen atoms in total. The lowest BCUT2D eigenvalue weighted by atomic mass is 10.1. The molecule has 0 atom stereocenters. The van der Waals surface area contributed by atoms with Crippen LogP contribution in [0.25, 0.3) is 0 Å². The van der Waals surface area contributed by atoms with Crippen LogP contribution in [0.5, 0.6) is 0 Å². The molecule has 0 amide bonds. The zero-order valence-electron chi connectivity index (χ0n) is 12.2. The van der Waals surface area contributed by atoms with Crippen molar-refractivity contribution in [1.29, 1.82) is 0 Å². The molecule has 114 valence electrons. The van der Waals surface area contributed by atoms with E-state index in [2.05, 4.69) is 16.1 Å². The second-order valence-corrected chi connectivity index (χ2v) is 7.61. The minimum Gasteiger partial charge on any atom is -0.315 e. The van der Waals surface area contributed by atoms with Gasteiger partial charge in [0.25, 0.3) is 0 Å². The van der Waals surface area contributed by atoms with Crippen molar-refractivity contribution >= 4 is 21.4 Å². The van der Waals surface area contributed by atoms with E-state index in [0.717, 1.165) is 10.4 Å². The number of benzene rings is 1. The van der Waals surface area contributed by atoms with Gasteiger partial charge in [-0.25, -0.2) is 13.1 Å². The zero-order chi connectivity index (χ0) is 15.3. The molecule has 0 saturated carbocycles. The van der Waals surface area contributed by atoms with Gasteiger partial charge in [-0.3, -0.25) is 0 Å². The van der Waals surface area contributed by atoms with Gasteiger partial charge in [0.15, 0.2) is 0 Å². The highest BCUT2D eigenvalue weighted by Gasteiger charge is 2.18. The van der Waals surface area contributed by atoms with Crippen molar-refractivity contribution in [1.82, 2.24) is 10.0 Å². The Labute approximate surface area is 130 Å². The Balaban J connectivity index is 2.00. The molecule has 1 aromatic heterocycles. The lowest BCUT2D eigenvalue weighted by Gasteiger charge is -2.08. The summed E-state index contributed by atoms with van der Waals surface area (Å²) in [6, 6.07) is 9.77. The van der Waals surface area contributed by atoms with Crippen molar-refractivity contribution in [3.05, 3.63) is 51.7 Å². The van der Waals surface area contributed by atoms with Crippen molar-refractivity contribution < 1.29 is 8.42 Å². The highest BCUT2D eigenvalue weighted by Crippen LogP contribution is 2.21. The Kier molecular flexibility index (Phi) is 5.52. The summed E-state index contributed by atoms with van der Waals surface area (Å²) in [5.41, 5.74) is 2.32. The minimum absolute atomic E-state index is 0.381. The average molecular weight is 324 g/mol. The van der Waals surface area contributed by atoms with Gasteiger partial charge in [0, 0.05) is 18.0 Å². The maximum Gasteiger partial charge on any atom is 0.241 e. The minimum atomic E-state index is -3.43. The van der Waals surface area contributed by atoms with Crippen molar-refractivity contribution in [2.24, 2.45) is 0 Å². The van der Waals surface area contributed by atoms with Crippen LogP contribution in [0.1, 0.15) is 16.0 Å². The maximum atomic E-state index is 12.3. The highest BCUT2D eigenvalue weighted by molar-refractivity contribution is 7.89. The summed E-state index contributed by atoms with van der Waals surface area (Å²) < 4.78 is 27.3. The van der Waals surface area contributed by atoms with Gasteiger partial charge >= 0.3 is 0 Å². The van der Waals surface area contributed by atoms with Gasteiger partial charge < -0.3 is 5.32 Å². The molecule has 6 heteroatoms. The molecule has 1 heterocycles.